The van der Waals surface area contributed by atoms with E-state index in [2.05, 4.69) is 35.8 Å². The summed E-state index contributed by atoms with van der Waals surface area (Å²) in [6.07, 6.45) is 0.828. The Kier molecular flexibility index (Phi) is 6.48. The van der Waals surface area contributed by atoms with Gasteiger partial charge in [-0.2, -0.15) is 0 Å². The van der Waals surface area contributed by atoms with E-state index in [1.54, 1.807) is 0 Å². The number of hydrogen-bond donors (Lipinski definition) is 2. The first-order valence-electron chi connectivity index (χ1n) is 7.96. The molecule has 0 atom stereocenters. The molecule has 0 heterocycles. The van der Waals surface area contributed by atoms with E-state index < -0.39 is 0 Å². The number of rotatable bonds is 7. The topological polar surface area (TPSA) is 50.4 Å². The van der Waals surface area contributed by atoms with Gasteiger partial charge in [-0.3, -0.25) is 0 Å². The van der Waals surface area contributed by atoms with Crippen molar-refractivity contribution in [2.24, 2.45) is 0 Å². The van der Waals surface area contributed by atoms with Crippen LogP contribution in [0.15, 0.2) is 48.5 Å². The van der Waals surface area contributed by atoms with Crippen LogP contribution in [0.4, 0.5) is 4.79 Å². The van der Waals surface area contributed by atoms with Crippen LogP contribution in [0, 0.1) is 6.92 Å². The van der Waals surface area contributed by atoms with Crippen molar-refractivity contribution in [3.63, 3.8) is 0 Å². The molecule has 2 aromatic rings. The van der Waals surface area contributed by atoms with E-state index in [1.165, 1.54) is 11.1 Å². The first-order valence-corrected chi connectivity index (χ1v) is 7.96. The molecule has 0 spiro atoms. The third-order valence-electron chi connectivity index (χ3n) is 3.44. The minimum absolute atomic E-state index is 0.153. The molecule has 0 aliphatic heterocycles. The van der Waals surface area contributed by atoms with Crippen LogP contribution >= 0.6 is 0 Å². The zero-order valence-electron chi connectivity index (χ0n) is 13.8. The summed E-state index contributed by atoms with van der Waals surface area (Å²) in [5.74, 6) is 0.826. The molecule has 0 aliphatic carbocycles. The van der Waals surface area contributed by atoms with Gasteiger partial charge in [0.2, 0.25) is 0 Å². The van der Waals surface area contributed by atoms with Crippen molar-refractivity contribution in [2.75, 3.05) is 13.2 Å². The molecule has 4 heteroatoms. The molecule has 0 saturated carbocycles. The average molecular weight is 312 g/mol. The summed E-state index contributed by atoms with van der Waals surface area (Å²) in [7, 11) is 0. The molecular weight excluding hydrogens is 288 g/mol. The highest BCUT2D eigenvalue weighted by Crippen LogP contribution is 2.12. The van der Waals surface area contributed by atoms with Crippen LogP contribution in [0.5, 0.6) is 5.75 Å². The molecule has 0 aromatic heterocycles. The minimum atomic E-state index is -0.153. The van der Waals surface area contributed by atoms with Gasteiger partial charge in [0.15, 0.2) is 0 Å². The molecule has 0 radical (unpaired) electrons. The van der Waals surface area contributed by atoms with Crippen molar-refractivity contribution in [1.82, 2.24) is 10.6 Å². The van der Waals surface area contributed by atoms with Crippen LogP contribution in [0.1, 0.15) is 23.6 Å². The van der Waals surface area contributed by atoms with Gasteiger partial charge in [-0.1, -0.05) is 42.0 Å². The normalized spacial score (nSPS) is 10.2. The lowest BCUT2D eigenvalue weighted by atomic mass is 10.1. The quantitative estimate of drug-likeness (QED) is 0.823. The van der Waals surface area contributed by atoms with E-state index in [4.69, 9.17) is 4.74 Å². The van der Waals surface area contributed by atoms with Crippen molar-refractivity contribution in [3.8, 4) is 5.75 Å². The number of hydrogen-bond acceptors (Lipinski definition) is 2. The fraction of sp³-hybridized carbons (Fsp3) is 0.316. The van der Waals surface area contributed by atoms with Gasteiger partial charge in [-0.05, 0) is 43.5 Å². The number of amides is 2. The lowest BCUT2D eigenvalue weighted by molar-refractivity contribution is 0.240. The molecule has 0 fully saturated rings. The van der Waals surface area contributed by atoms with Crippen molar-refractivity contribution >= 4 is 6.03 Å². The third kappa shape index (κ3) is 6.02. The molecule has 2 N–H and O–H groups in total. The summed E-state index contributed by atoms with van der Waals surface area (Å²) < 4.78 is 5.45. The largest absolute Gasteiger partial charge is 0.494 e. The number of benzene rings is 2. The number of nitrogens with one attached hydrogen (secondary N) is 2. The van der Waals surface area contributed by atoms with Gasteiger partial charge in [-0.25, -0.2) is 4.79 Å². The summed E-state index contributed by atoms with van der Waals surface area (Å²) in [5, 5.41) is 5.74. The molecule has 2 amide bonds. The summed E-state index contributed by atoms with van der Waals surface area (Å²) in [6.45, 7) is 5.76. The Bertz CT molecular complexity index is 641. The highest BCUT2D eigenvalue weighted by molar-refractivity contribution is 5.73. The van der Waals surface area contributed by atoms with Crippen LogP contribution < -0.4 is 15.4 Å². The second-order valence-electron chi connectivity index (χ2n) is 5.43. The van der Waals surface area contributed by atoms with E-state index in [1.807, 2.05) is 37.3 Å². The van der Waals surface area contributed by atoms with Crippen molar-refractivity contribution in [3.05, 3.63) is 65.2 Å². The number of carbonyl (C=O) groups is 1. The summed E-state index contributed by atoms with van der Waals surface area (Å²) in [6, 6.07) is 15.9. The molecule has 23 heavy (non-hydrogen) atoms. The zero-order valence-corrected chi connectivity index (χ0v) is 13.8. The molecule has 2 aromatic carbocycles. The SMILES string of the molecule is CCOc1cccc(CNC(=O)NCCc2cccc(C)c2)c1. The van der Waals surface area contributed by atoms with Crippen LogP contribution in [-0.4, -0.2) is 19.2 Å². The standard InChI is InChI=1S/C19H24N2O2/c1-3-23-18-9-5-8-17(13-18)14-21-19(22)20-11-10-16-7-4-6-15(2)12-16/h4-9,12-13H,3,10-11,14H2,1-2H3,(H2,20,21,22). The van der Waals surface area contributed by atoms with E-state index in [-0.39, 0.29) is 6.03 Å². The summed E-state index contributed by atoms with van der Waals surface area (Å²) in [4.78, 5) is 11.8. The molecule has 4 nitrogen and oxygen atoms in total. The Morgan fingerprint density at radius 3 is 2.61 bits per heavy atom. The Morgan fingerprint density at radius 1 is 1.04 bits per heavy atom. The zero-order chi connectivity index (χ0) is 16.5. The molecule has 0 aliphatic rings. The highest BCUT2D eigenvalue weighted by atomic mass is 16.5. The first kappa shape index (κ1) is 16.9. The average Bonchev–Trinajstić information content (AvgIpc) is 2.54. The summed E-state index contributed by atoms with van der Waals surface area (Å²) in [5.41, 5.74) is 3.49. The van der Waals surface area contributed by atoms with Gasteiger partial charge in [-0.15, -0.1) is 0 Å². The van der Waals surface area contributed by atoms with Crippen molar-refractivity contribution < 1.29 is 9.53 Å². The number of aryl methyl sites for hydroxylation is 1. The second kappa shape index (κ2) is 8.83. The smallest absolute Gasteiger partial charge is 0.315 e. The number of carbonyl (C=O) groups excluding carboxylic acids is 1. The van der Waals surface area contributed by atoms with Crippen molar-refractivity contribution in [2.45, 2.75) is 26.8 Å². The molecular formula is C19H24N2O2. The maximum absolute atomic E-state index is 11.8. The predicted molar refractivity (Wildman–Crippen MR) is 92.7 cm³/mol. The predicted octanol–water partition coefficient (Wildman–Crippen LogP) is 3.44. The summed E-state index contributed by atoms with van der Waals surface area (Å²) >= 11 is 0. The van der Waals surface area contributed by atoms with E-state index in [0.717, 1.165) is 17.7 Å². The minimum Gasteiger partial charge on any atom is -0.494 e. The van der Waals surface area contributed by atoms with Crippen molar-refractivity contribution in [1.29, 1.82) is 0 Å². The Labute approximate surface area is 137 Å². The van der Waals surface area contributed by atoms with Gasteiger partial charge in [0.1, 0.15) is 5.75 Å². The lowest BCUT2D eigenvalue weighted by Crippen LogP contribution is -2.36. The Hall–Kier alpha value is -2.49. The van der Waals surface area contributed by atoms with E-state index >= 15 is 0 Å². The second-order valence-corrected chi connectivity index (χ2v) is 5.43. The van der Waals surface area contributed by atoms with Crippen LogP contribution in [0.3, 0.4) is 0 Å². The molecule has 0 unspecified atom stereocenters. The van der Waals surface area contributed by atoms with Gasteiger partial charge >= 0.3 is 6.03 Å². The highest BCUT2D eigenvalue weighted by Gasteiger charge is 2.02. The van der Waals surface area contributed by atoms with Gasteiger partial charge in [0.05, 0.1) is 6.61 Å². The molecule has 122 valence electrons. The fourth-order valence-electron chi connectivity index (χ4n) is 2.34. The number of urea groups is 1. The van der Waals surface area contributed by atoms with Gasteiger partial charge in [0.25, 0.3) is 0 Å². The third-order valence-corrected chi connectivity index (χ3v) is 3.44. The van der Waals surface area contributed by atoms with Gasteiger partial charge < -0.3 is 15.4 Å². The Balaban J connectivity index is 1.71. The maximum Gasteiger partial charge on any atom is 0.315 e. The van der Waals surface area contributed by atoms with Crippen LogP contribution in [-0.2, 0) is 13.0 Å². The molecule has 0 saturated heterocycles. The van der Waals surface area contributed by atoms with Gasteiger partial charge in [0, 0.05) is 13.1 Å². The van der Waals surface area contributed by atoms with Crippen LogP contribution in [0.2, 0.25) is 0 Å². The number of ether oxygens (including phenoxy) is 1. The van der Waals surface area contributed by atoms with Crippen LogP contribution in [0.25, 0.3) is 0 Å². The first-order chi connectivity index (χ1) is 11.2. The fourth-order valence-corrected chi connectivity index (χ4v) is 2.34. The monoisotopic (exact) mass is 312 g/mol. The van der Waals surface area contributed by atoms with E-state index in [0.29, 0.717) is 19.7 Å². The lowest BCUT2D eigenvalue weighted by Gasteiger charge is -2.09. The maximum atomic E-state index is 11.8. The Morgan fingerprint density at radius 2 is 1.83 bits per heavy atom. The van der Waals surface area contributed by atoms with E-state index in [9.17, 15) is 4.79 Å². The molecule has 2 rings (SSSR count). The molecule has 0 bridgehead atoms.